The number of piperazine rings is 1. The second-order valence-corrected chi connectivity index (χ2v) is 7.30. The van der Waals surface area contributed by atoms with Crippen LogP contribution < -0.4 is 10.1 Å². The number of anilines is 1. The van der Waals surface area contributed by atoms with E-state index in [0.29, 0.717) is 24.5 Å². The third-order valence-corrected chi connectivity index (χ3v) is 4.78. The molecule has 0 spiro atoms. The van der Waals surface area contributed by atoms with Crippen molar-refractivity contribution in [3.8, 4) is 5.75 Å². The van der Waals surface area contributed by atoms with E-state index in [1.54, 1.807) is 0 Å². The zero-order valence-corrected chi connectivity index (χ0v) is 16.5. The van der Waals surface area contributed by atoms with Gasteiger partial charge in [-0.25, -0.2) is 9.18 Å². The molecular formula is C22H28FN3O2. The Morgan fingerprint density at radius 2 is 1.75 bits per heavy atom. The number of nitrogens with zero attached hydrogens (tertiary/aromatic N) is 2. The second-order valence-electron chi connectivity index (χ2n) is 7.30. The summed E-state index contributed by atoms with van der Waals surface area (Å²) in [5.74, 6) is 0.479. The van der Waals surface area contributed by atoms with Gasteiger partial charge in [0.1, 0.15) is 11.6 Å². The van der Waals surface area contributed by atoms with Crippen LogP contribution >= 0.6 is 0 Å². The molecule has 150 valence electrons. The number of benzene rings is 2. The van der Waals surface area contributed by atoms with Crippen LogP contribution in [0.2, 0.25) is 0 Å². The van der Waals surface area contributed by atoms with Crippen molar-refractivity contribution in [2.45, 2.75) is 26.4 Å². The molecule has 5 nitrogen and oxygen atoms in total. The molecule has 0 radical (unpaired) electrons. The molecule has 0 aliphatic carbocycles. The maximum atomic E-state index is 13.0. The molecule has 28 heavy (non-hydrogen) atoms. The average Bonchev–Trinajstić information content (AvgIpc) is 2.69. The number of ether oxygens (including phenoxy) is 1. The summed E-state index contributed by atoms with van der Waals surface area (Å²) < 4.78 is 18.7. The van der Waals surface area contributed by atoms with E-state index in [4.69, 9.17) is 4.74 Å². The smallest absolute Gasteiger partial charge is 0.322 e. The number of carbonyl (C=O) groups excluding carboxylic acids is 1. The summed E-state index contributed by atoms with van der Waals surface area (Å²) in [6.45, 7) is 7.86. The Labute approximate surface area is 166 Å². The number of para-hydroxylation sites is 2. The third-order valence-electron chi connectivity index (χ3n) is 4.78. The standard InChI is InChI=1S/C22H28FN3O2/c1-17(2)28-21-6-4-3-5-20(21)24-22(27)26-15-13-25(14-16-26)12-11-18-7-9-19(23)10-8-18/h3-10,17H,11-16H2,1-2H3,(H,24,27). The molecule has 1 fully saturated rings. The van der Waals surface area contributed by atoms with Crippen LogP contribution in [0.15, 0.2) is 48.5 Å². The van der Waals surface area contributed by atoms with Gasteiger partial charge in [0.25, 0.3) is 0 Å². The van der Waals surface area contributed by atoms with Crippen molar-refractivity contribution in [3.05, 3.63) is 59.9 Å². The van der Waals surface area contributed by atoms with Gasteiger partial charge in [0.05, 0.1) is 11.8 Å². The summed E-state index contributed by atoms with van der Waals surface area (Å²) in [6, 6.07) is 14.1. The predicted molar refractivity (Wildman–Crippen MR) is 109 cm³/mol. The molecular weight excluding hydrogens is 357 g/mol. The van der Waals surface area contributed by atoms with Crippen LogP contribution in [-0.2, 0) is 6.42 Å². The van der Waals surface area contributed by atoms with Gasteiger partial charge < -0.3 is 15.0 Å². The second kappa shape index (κ2) is 9.55. The largest absolute Gasteiger partial charge is 0.489 e. The fourth-order valence-corrected chi connectivity index (χ4v) is 3.23. The van der Waals surface area contributed by atoms with E-state index in [9.17, 15) is 9.18 Å². The first-order chi connectivity index (χ1) is 13.5. The van der Waals surface area contributed by atoms with Crippen LogP contribution in [0.4, 0.5) is 14.9 Å². The Morgan fingerprint density at radius 1 is 1.07 bits per heavy atom. The summed E-state index contributed by atoms with van der Waals surface area (Å²) in [7, 11) is 0. The molecule has 0 bridgehead atoms. The Kier molecular flexibility index (Phi) is 6.87. The summed E-state index contributed by atoms with van der Waals surface area (Å²) in [5, 5.41) is 2.97. The van der Waals surface area contributed by atoms with Crippen LogP contribution in [0.25, 0.3) is 0 Å². The monoisotopic (exact) mass is 385 g/mol. The van der Waals surface area contributed by atoms with Crippen molar-refractivity contribution in [2.75, 3.05) is 38.0 Å². The van der Waals surface area contributed by atoms with Crippen LogP contribution in [0, 0.1) is 5.82 Å². The van der Waals surface area contributed by atoms with Crippen LogP contribution in [0.3, 0.4) is 0 Å². The molecule has 0 unspecified atom stereocenters. The highest BCUT2D eigenvalue weighted by atomic mass is 19.1. The van der Waals surface area contributed by atoms with E-state index in [-0.39, 0.29) is 18.0 Å². The molecule has 2 aromatic carbocycles. The van der Waals surface area contributed by atoms with Crippen molar-refractivity contribution in [1.29, 1.82) is 0 Å². The summed E-state index contributed by atoms with van der Waals surface area (Å²) >= 11 is 0. The van der Waals surface area contributed by atoms with Gasteiger partial charge >= 0.3 is 6.03 Å². The number of rotatable bonds is 6. The summed E-state index contributed by atoms with van der Waals surface area (Å²) in [5.41, 5.74) is 1.82. The number of urea groups is 1. The normalized spacial score (nSPS) is 14.9. The van der Waals surface area contributed by atoms with Crippen molar-refractivity contribution >= 4 is 11.7 Å². The lowest BCUT2D eigenvalue weighted by molar-refractivity contribution is 0.148. The quantitative estimate of drug-likeness (QED) is 0.817. The molecule has 0 atom stereocenters. The SMILES string of the molecule is CC(C)Oc1ccccc1NC(=O)N1CCN(CCc2ccc(F)cc2)CC1. The highest BCUT2D eigenvalue weighted by molar-refractivity contribution is 5.91. The van der Waals surface area contributed by atoms with Gasteiger partial charge in [0, 0.05) is 32.7 Å². The Balaban J connectivity index is 1.47. The van der Waals surface area contributed by atoms with E-state index < -0.39 is 0 Å². The van der Waals surface area contributed by atoms with Crippen molar-refractivity contribution < 1.29 is 13.9 Å². The fourth-order valence-electron chi connectivity index (χ4n) is 3.23. The third kappa shape index (κ3) is 5.70. The molecule has 0 saturated carbocycles. The van der Waals surface area contributed by atoms with Gasteiger partial charge in [-0.15, -0.1) is 0 Å². The molecule has 6 heteroatoms. The molecule has 1 aliphatic heterocycles. The number of amides is 2. The van der Waals surface area contributed by atoms with Gasteiger partial charge in [-0.3, -0.25) is 4.90 Å². The van der Waals surface area contributed by atoms with Crippen molar-refractivity contribution in [3.63, 3.8) is 0 Å². The summed E-state index contributed by atoms with van der Waals surface area (Å²) in [6.07, 6.45) is 0.926. The van der Waals surface area contributed by atoms with E-state index >= 15 is 0 Å². The van der Waals surface area contributed by atoms with Crippen molar-refractivity contribution in [2.24, 2.45) is 0 Å². The number of carbonyl (C=O) groups is 1. The molecule has 2 aromatic rings. The maximum Gasteiger partial charge on any atom is 0.322 e. The molecule has 1 heterocycles. The summed E-state index contributed by atoms with van der Waals surface area (Å²) in [4.78, 5) is 16.8. The zero-order chi connectivity index (χ0) is 19.9. The van der Waals surface area contributed by atoms with Crippen LogP contribution in [0.5, 0.6) is 5.75 Å². The first-order valence-corrected chi connectivity index (χ1v) is 9.79. The minimum absolute atomic E-state index is 0.0442. The highest BCUT2D eigenvalue weighted by Gasteiger charge is 2.21. The lowest BCUT2D eigenvalue weighted by Crippen LogP contribution is -2.50. The van der Waals surface area contributed by atoms with Crippen LogP contribution in [-0.4, -0.2) is 54.7 Å². The Bertz CT molecular complexity index is 772. The zero-order valence-electron chi connectivity index (χ0n) is 16.5. The van der Waals surface area contributed by atoms with Gasteiger partial charge in [-0.05, 0) is 50.1 Å². The first kappa shape index (κ1) is 20.1. The van der Waals surface area contributed by atoms with Crippen molar-refractivity contribution in [1.82, 2.24) is 9.80 Å². The minimum atomic E-state index is -0.205. The molecule has 2 amide bonds. The van der Waals surface area contributed by atoms with Gasteiger partial charge in [0.2, 0.25) is 0 Å². The maximum absolute atomic E-state index is 13.0. The topological polar surface area (TPSA) is 44.8 Å². The Hall–Kier alpha value is -2.60. The fraction of sp³-hybridized carbons (Fsp3) is 0.409. The average molecular weight is 385 g/mol. The molecule has 1 N–H and O–H groups in total. The lowest BCUT2D eigenvalue weighted by Gasteiger charge is -2.34. The Morgan fingerprint density at radius 3 is 2.43 bits per heavy atom. The van der Waals surface area contributed by atoms with E-state index in [0.717, 1.165) is 31.6 Å². The lowest BCUT2D eigenvalue weighted by atomic mass is 10.1. The number of nitrogens with one attached hydrogen (secondary N) is 1. The van der Waals surface area contributed by atoms with E-state index in [2.05, 4.69) is 10.2 Å². The number of halogens is 1. The first-order valence-electron chi connectivity index (χ1n) is 9.79. The molecule has 1 aliphatic rings. The number of hydrogen-bond acceptors (Lipinski definition) is 3. The number of hydrogen-bond donors (Lipinski definition) is 1. The van der Waals surface area contributed by atoms with Gasteiger partial charge in [-0.2, -0.15) is 0 Å². The predicted octanol–water partition coefficient (Wildman–Crippen LogP) is 4.01. The van der Waals surface area contributed by atoms with E-state index in [1.165, 1.54) is 12.1 Å². The molecule has 0 aromatic heterocycles. The molecule has 1 saturated heterocycles. The highest BCUT2D eigenvalue weighted by Crippen LogP contribution is 2.25. The minimum Gasteiger partial charge on any atom is -0.489 e. The van der Waals surface area contributed by atoms with Crippen LogP contribution in [0.1, 0.15) is 19.4 Å². The molecule has 3 rings (SSSR count). The van der Waals surface area contributed by atoms with Gasteiger partial charge in [0.15, 0.2) is 0 Å². The van der Waals surface area contributed by atoms with E-state index in [1.807, 2.05) is 55.1 Å². The van der Waals surface area contributed by atoms with Gasteiger partial charge in [-0.1, -0.05) is 24.3 Å².